The zero-order chi connectivity index (χ0) is 36.4. The van der Waals surface area contributed by atoms with Gasteiger partial charge in [0.05, 0.1) is 29.1 Å². The summed E-state index contributed by atoms with van der Waals surface area (Å²) in [6.45, 7) is 9.59. The van der Waals surface area contributed by atoms with Gasteiger partial charge >= 0.3 is 0 Å². The number of rotatable bonds is 14. The Hall–Kier alpha value is -4.29. The molecule has 1 aliphatic carbocycles. The third-order valence-corrected chi connectivity index (χ3v) is 10.2. The number of aromatic amines is 1. The van der Waals surface area contributed by atoms with Gasteiger partial charge < -0.3 is 25.7 Å². The Balaban J connectivity index is 1.52. The van der Waals surface area contributed by atoms with Crippen LogP contribution in [0.15, 0.2) is 54.7 Å². The maximum atomic E-state index is 14.5. The maximum absolute atomic E-state index is 14.5. The predicted octanol–water partition coefficient (Wildman–Crippen LogP) is 5.52. The minimum Gasteiger partial charge on any atom is -0.383 e. The SMILES string of the molecule is CCNC(=O)[C@H](NC(=O)C(C)(COC)c1ccc2[nH]c([C@@H](NC(=O)c3ccnn3C)[C@H](c3ccccc3Cl)C(C)C)nc2c1)C1CC(C)(F)C1. The van der Waals surface area contributed by atoms with Crippen molar-refractivity contribution in [3.63, 3.8) is 0 Å². The van der Waals surface area contributed by atoms with Gasteiger partial charge in [-0.15, -0.1) is 0 Å². The van der Waals surface area contributed by atoms with Crippen molar-refractivity contribution >= 4 is 40.4 Å². The zero-order valence-corrected chi connectivity index (χ0v) is 30.4. The number of hydrogen-bond acceptors (Lipinski definition) is 6. The number of fused-ring (bicyclic) bond motifs is 1. The second-order valence-electron chi connectivity index (χ2n) is 14.1. The molecule has 0 radical (unpaired) electrons. The lowest BCUT2D eigenvalue weighted by Crippen LogP contribution is -2.60. The lowest BCUT2D eigenvalue weighted by atomic mass is 9.69. The van der Waals surface area contributed by atoms with Gasteiger partial charge in [-0.05, 0) is 80.8 Å². The van der Waals surface area contributed by atoms with Crippen molar-refractivity contribution in [2.24, 2.45) is 18.9 Å². The molecule has 1 aliphatic rings. The van der Waals surface area contributed by atoms with Crippen LogP contribution in [0.5, 0.6) is 0 Å². The van der Waals surface area contributed by atoms with E-state index in [0.717, 1.165) is 5.56 Å². The fourth-order valence-corrected chi connectivity index (χ4v) is 7.41. The Morgan fingerprint density at radius 1 is 1.16 bits per heavy atom. The molecule has 2 aromatic heterocycles. The Labute approximate surface area is 297 Å². The summed E-state index contributed by atoms with van der Waals surface area (Å²) in [4.78, 5) is 49.2. The van der Waals surface area contributed by atoms with E-state index in [9.17, 15) is 18.8 Å². The normalized spacial score (nSPS) is 20.4. The number of methoxy groups -OCH3 is 1. The van der Waals surface area contributed by atoms with Crippen LogP contribution in [0.4, 0.5) is 4.39 Å². The summed E-state index contributed by atoms with van der Waals surface area (Å²) in [5, 5.41) is 13.6. The van der Waals surface area contributed by atoms with E-state index in [2.05, 4.69) is 39.9 Å². The Kier molecular flexibility index (Phi) is 11.0. The number of imidazole rings is 1. The number of carbonyl (C=O) groups excluding carboxylic acids is 3. The first-order chi connectivity index (χ1) is 23.7. The van der Waals surface area contributed by atoms with Crippen LogP contribution in [0.3, 0.4) is 0 Å². The number of H-pyrrole nitrogens is 1. The molecule has 11 nitrogen and oxygen atoms in total. The van der Waals surface area contributed by atoms with Crippen LogP contribution in [0, 0.1) is 11.8 Å². The minimum absolute atomic E-state index is 0.0144. The van der Waals surface area contributed by atoms with Gasteiger partial charge in [-0.25, -0.2) is 9.37 Å². The Morgan fingerprint density at radius 2 is 1.88 bits per heavy atom. The first kappa shape index (κ1) is 37.0. The number of ether oxygens (including phenoxy) is 1. The lowest BCUT2D eigenvalue weighted by Gasteiger charge is -2.43. The summed E-state index contributed by atoms with van der Waals surface area (Å²) in [5.74, 6) is -1.13. The molecule has 4 N–H and O–H groups in total. The predicted molar refractivity (Wildman–Crippen MR) is 191 cm³/mol. The van der Waals surface area contributed by atoms with E-state index in [1.54, 1.807) is 33.2 Å². The van der Waals surface area contributed by atoms with Crippen LogP contribution in [0.25, 0.3) is 11.0 Å². The number of hydrogen-bond donors (Lipinski definition) is 4. The third-order valence-electron chi connectivity index (χ3n) is 9.82. The highest BCUT2D eigenvalue weighted by Gasteiger charge is 2.48. The molecule has 2 aromatic carbocycles. The van der Waals surface area contributed by atoms with Gasteiger partial charge in [0, 0.05) is 37.8 Å². The summed E-state index contributed by atoms with van der Waals surface area (Å²) in [7, 11) is 3.21. The molecule has 3 amide bonds. The molecule has 4 atom stereocenters. The summed E-state index contributed by atoms with van der Waals surface area (Å²) < 4.78 is 21.6. The average Bonchev–Trinajstić information content (AvgIpc) is 3.68. The Morgan fingerprint density at radius 3 is 2.48 bits per heavy atom. The fourth-order valence-electron chi connectivity index (χ4n) is 7.15. The molecule has 0 spiro atoms. The summed E-state index contributed by atoms with van der Waals surface area (Å²) in [6, 6.07) is 13.2. The average molecular weight is 708 g/mol. The second-order valence-corrected chi connectivity index (χ2v) is 14.5. The molecule has 1 fully saturated rings. The third kappa shape index (κ3) is 7.56. The van der Waals surface area contributed by atoms with Gasteiger partial charge in [-0.1, -0.05) is 49.7 Å². The maximum Gasteiger partial charge on any atom is 0.270 e. The van der Waals surface area contributed by atoms with Gasteiger partial charge in [-0.3, -0.25) is 19.1 Å². The summed E-state index contributed by atoms with van der Waals surface area (Å²) >= 11 is 6.73. The molecule has 13 heteroatoms. The van der Waals surface area contributed by atoms with Crippen molar-refractivity contribution in [2.75, 3.05) is 20.3 Å². The molecular formula is C37H47ClFN7O4. The number of halogens is 2. The van der Waals surface area contributed by atoms with Gasteiger partial charge in [0.15, 0.2) is 0 Å². The van der Waals surface area contributed by atoms with Gasteiger partial charge in [-0.2, -0.15) is 5.10 Å². The number of benzene rings is 2. The number of likely N-dealkylation sites (N-methyl/N-ethyl adjacent to an activating group) is 1. The van der Waals surface area contributed by atoms with E-state index in [1.807, 2.05) is 42.5 Å². The molecule has 50 heavy (non-hydrogen) atoms. The number of alkyl halides is 1. The van der Waals surface area contributed by atoms with Crippen molar-refractivity contribution in [3.8, 4) is 0 Å². The van der Waals surface area contributed by atoms with Gasteiger partial charge in [0.2, 0.25) is 11.8 Å². The fraction of sp³-hybridized carbons (Fsp3) is 0.486. The molecule has 0 saturated heterocycles. The summed E-state index contributed by atoms with van der Waals surface area (Å²) in [6.07, 6.45) is 1.93. The number of amides is 3. The minimum atomic E-state index is -1.37. The number of aromatic nitrogens is 4. The molecule has 1 saturated carbocycles. The molecule has 268 valence electrons. The molecule has 2 heterocycles. The molecule has 4 aromatic rings. The van der Waals surface area contributed by atoms with Crippen LogP contribution >= 0.6 is 11.6 Å². The molecule has 1 unspecified atom stereocenters. The van der Waals surface area contributed by atoms with E-state index < -0.39 is 29.1 Å². The van der Waals surface area contributed by atoms with Crippen molar-refractivity contribution in [1.29, 1.82) is 0 Å². The van der Waals surface area contributed by atoms with E-state index in [4.69, 9.17) is 21.3 Å². The number of nitrogens with zero attached hydrogens (tertiary/aromatic N) is 3. The van der Waals surface area contributed by atoms with Crippen LogP contribution in [0.1, 0.15) is 86.9 Å². The molecule has 0 bridgehead atoms. The summed E-state index contributed by atoms with van der Waals surface area (Å²) in [5.41, 5.74) is 0.549. The molecular weight excluding hydrogens is 661 g/mol. The van der Waals surface area contributed by atoms with Crippen LogP contribution < -0.4 is 16.0 Å². The van der Waals surface area contributed by atoms with Crippen molar-refractivity contribution in [3.05, 3.63) is 82.4 Å². The van der Waals surface area contributed by atoms with Gasteiger partial charge in [0.25, 0.3) is 5.91 Å². The lowest BCUT2D eigenvalue weighted by molar-refractivity contribution is -0.137. The van der Waals surface area contributed by atoms with Crippen molar-refractivity contribution in [1.82, 2.24) is 35.7 Å². The quantitative estimate of drug-likeness (QED) is 0.136. The van der Waals surface area contributed by atoms with Crippen LogP contribution in [0.2, 0.25) is 5.02 Å². The molecule has 5 rings (SSSR count). The number of aryl methyl sites for hydroxylation is 1. The standard InChI is InChI=1S/C37H47ClFN7O4/c1-8-40-34(48)30(22-18-36(4,39)19-22)45-35(49)37(5,20-50-7)23-13-14-26-27(17-23)43-32(42-26)31(44-33(47)28-15-16-41-46(28)6)29(21(2)3)24-11-9-10-12-25(24)38/h9-17,21-22,29-31H,8,18-20H2,1-7H3,(H,40,48)(H,42,43)(H,44,47)(H,45,49)/t22?,29-,30+,31-,36?,37?/m0/s1. The van der Waals surface area contributed by atoms with E-state index in [-0.39, 0.29) is 49.0 Å². The van der Waals surface area contributed by atoms with Crippen LogP contribution in [-0.4, -0.2) is 69.4 Å². The smallest absolute Gasteiger partial charge is 0.270 e. The topological polar surface area (TPSA) is 143 Å². The van der Waals surface area contributed by atoms with Crippen LogP contribution in [-0.2, 0) is 26.8 Å². The Bertz CT molecular complexity index is 1850. The number of carbonyl (C=O) groups is 3. The largest absolute Gasteiger partial charge is 0.383 e. The second kappa shape index (κ2) is 14.9. The first-order valence-corrected chi connectivity index (χ1v) is 17.4. The van der Waals surface area contributed by atoms with E-state index in [0.29, 0.717) is 39.7 Å². The first-order valence-electron chi connectivity index (χ1n) is 17.0. The highest BCUT2D eigenvalue weighted by Crippen LogP contribution is 2.43. The van der Waals surface area contributed by atoms with Crippen molar-refractivity contribution < 1.29 is 23.5 Å². The van der Waals surface area contributed by atoms with Gasteiger partial charge in [0.1, 0.15) is 23.2 Å². The van der Waals surface area contributed by atoms with E-state index >= 15 is 0 Å². The van der Waals surface area contributed by atoms with E-state index in [1.165, 1.54) is 18.7 Å². The van der Waals surface area contributed by atoms with Crippen molar-refractivity contribution in [2.45, 2.75) is 76.5 Å². The zero-order valence-electron chi connectivity index (χ0n) is 29.6. The highest BCUT2D eigenvalue weighted by atomic mass is 35.5. The monoisotopic (exact) mass is 707 g/mol. The number of nitrogens with one attached hydrogen (secondary N) is 4. The highest BCUT2D eigenvalue weighted by molar-refractivity contribution is 6.31. The molecule has 0 aliphatic heterocycles.